The van der Waals surface area contributed by atoms with Crippen LogP contribution in [-0.4, -0.2) is 0 Å². The van der Waals surface area contributed by atoms with Gasteiger partial charge in [0.25, 0.3) is 0 Å². The fourth-order valence-electron chi connectivity index (χ4n) is 1.73. The first-order valence-electron chi connectivity index (χ1n) is 6.20. The molecule has 0 saturated carbocycles. The summed E-state index contributed by atoms with van der Waals surface area (Å²) >= 11 is 0. The van der Waals surface area contributed by atoms with Crippen LogP contribution in [0.5, 0.6) is 0 Å². The Hall–Kier alpha value is -1.30. The van der Waals surface area contributed by atoms with E-state index < -0.39 is 0 Å². The summed E-state index contributed by atoms with van der Waals surface area (Å²) in [5.41, 5.74) is 2.82. The summed E-state index contributed by atoms with van der Waals surface area (Å²) in [6, 6.07) is 10.5. The van der Waals surface area contributed by atoms with Crippen molar-refractivity contribution < 1.29 is 0 Å². The van der Waals surface area contributed by atoms with E-state index in [2.05, 4.69) is 62.4 Å². The van der Waals surface area contributed by atoms with Gasteiger partial charge in [-0.25, -0.2) is 0 Å². The van der Waals surface area contributed by atoms with Gasteiger partial charge in [0.2, 0.25) is 0 Å². The average Bonchev–Trinajstić information content (AvgIpc) is 2.30. The zero-order chi connectivity index (χ0) is 11.6. The first kappa shape index (κ1) is 12.8. The molecule has 0 heteroatoms. The van der Waals surface area contributed by atoms with E-state index in [-0.39, 0.29) is 0 Å². The highest BCUT2D eigenvalue weighted by atomic mass is 13.9. The van der Waals surface area contributed by atoms with E-state index in [0.29, 0.717) is 0 Å². The van der Waals surface area contributed by atoms with Crippen molar-refractivity contribution >= 4 is 6.08 Å². The van der Waals surface area contributed by atoms with Crippen LogP contribution in [0.4, 0.5) is 0 Å². The molecule has 0 spiro atoms. The quantitative estimate of drug-likeness (QED) is 0.449. The molecule has 0 N–H and O–H groups in total. The van der Waals surface area contributed by atoms with Crippen LogP contribution in [0.1, 0.15) is 45.1 Å². The molecule has 16 heavy (non-hydrogen) atoms. The van der Waals surface area contributed by atoms with Crippen molar-refractivity contribution in [3.05, 3.63) is 53.6 Å². The van der Waals surface area contributed by atoms with Crippen molar-refractivity contribution in [2.24, 2.45) is 0 Å². The van der Waals surface area contributed by atoms with Crippen LogP contribution in [0.25, 0.3) is 6.08 Å². The highest BCUT2D eigenvalue weighted by molar-refractivity contribution is 5.48. The lowest BCUT2D eigenvalue weighted by molar-refractivity contribution is 0.829. The smallest absolute Gasteiger partial charge is 0.0260 e. The van der Waals surface area contributed by atoms with Crippen LogP contribution < -0.4 is 0 Å². The highest BCUT2D eigenvalue weighted by Crippen LogP contribution is 2.09. The van der Waals surface area contributed by atoms with E-state index in [0.717, 1.165) is 6.42 Å². The van der Waals surface area contributed by atoms with E-state index in [4.69, 9.17) is 0 Å². The van der Waals surface area contributed by atoms with Crippen LogP contribution >= 0.6 is 0 Å². The van der Waals surface area contributed by atoms with Crippen LogP contribution in [0.3, 0.4) is 0 Å². The molecule has 0 aromatic heterocycles. The minimum atomic E-state index is 1.16. The normalized spacial score (nSPS) is 12.2. The van der Waals surface area contributed by atoms with E-state index in [1.807, 2.05) is 0 Å². The molecule has 0 heterocycles. The zero-order valence-corrected chi connectivity index (χ0v) is 10.4. The lowest BCUT2D eigenvalue weighted by Crippen LogP contribution is -1.77. The summed E-state index contributed by atoms with van der Waals surface area (Å²) in [4.78, 5) is 0. The molecule has 0 aliphatic rings. The molecule has 0 unspecified atom stereocenters. The lowest BCUT2D eigenvalue weighted by atomic mass is 10.1. The molecule has 0 nitrogen and oxygen atoms in total. The molecule has 0 fully saturated rings. The van der Waals surface area contributed by atoms with Gasteiger partial charge in [-0.15, -0.1) is 0 Å². The molecule has 0 aliphatic carbocycles. The van der Waals surface area contributed by atoms with Crippen molar-refractivity contribution in [2.45, 2.75) is 39.5 Å². The summed E-state index contributed by atoms with van der Waals surface area (Å²) < 4.78 is 0. The van der Waals surface area contributed by atoms with Crippen LogP contribution in [0.2, 0.25) is 0 Å². The van der Waals surface area contributed by atoms with Gasteiger partial charge in [0.15, 0.2) is 0 Å². The SMILES string of the molecule is CC/C=C(\C)CCC/C=C/c1ccccc1. The van der Waals surface area contributed by atoms with E-state index >= 15 is 0 Å². The fraction of sp³-hybridized carbons (Fsp3) is 0.375. The number of hydrogen-bond acceptors (Lipinski definition) is 0. The number of hydrogen-bond donors (Lipinski definition) is 0. The highest BCUT2D eigenvalue weighted by Gasteiger charge is 1.88. The monoisotopic (exact) mass is 214 g/mol. The Morgan fingerprint density at radius 1 is 1.19 bits per heavy atom. The molecular weight excluding hydrogens is 192 g/mol. The van der Waals surface area contributed by atoms with Gasteiger partial charge in [-0.3, -0.25) is 0 Å². The molecule has 0 atom stereocenters. The standard InChI is InChI=1S/C16H22/c1-3-10-15(2)11-6-4-7-12-16-13-8-5-9-14-16/h5,7-10,12-14H,3-4,6,11H2,1-2H3/b12-7+,15-10+. The first-order valence-corrected chi connectivity index (χ1v) is 6.20. The predicted octanol–water partition coefficient (Wildman–Crippen LogP) is 5.23. The Labute approximate surface area is 99.7 Å². The van der Waals surface area contributed by atoms with E-state index in [1.54, 1.807) is 0 Å². The fourth-order valence-corrected chi connectivity index (χ4v) is 1.73. The number of rotatable bonds is 6. The maximum Gasteiger partial charge on any atom is -0.0260 e. The summed E-state index contributed by atoms with van der Waals surface area (Å²) in [5, 5.41) is 0. The van der Waals surface area contributed by atoms with Crippen molar-refractivity contribution in [1.82, 2.24) is 0 Å². The molecule has 86 valence electrons. The molecule has 0 radical (unpaired) electrons. The minimum Gasteiger partial charge on any atom is -0.0859 e. The summed E-state index contributed by atoms with van der Waals surface area (Å²) in [6.45, 7) is 4.42. The van der Waals surface area contributed by atoms with Crippen LogP contribution in [-0.2, 0) is 0 Å². The van der Waals surface area contributed by atoms with Gasteiger partial charge < -0.3 is 0 Å². The Bertz CT molecular complexity index is 330. The minimum absolute atomic E-state index is 1.16. The lowest BCUT2D eigenvalue weighted by Gasteiger charge is -1.98. The second kappa shape index (κ2) is 7.92. The Morgan fingerprint density at radius 2 is 1.94 bits per heavy atom. The van der Waals surface area contributed by atoms with Gasteiger partial charge in [0.1, 0.15) is 0 Å². The summed E-state index contributed by atoms with van der Waals surface area (Å²) in [6.07, 6.45) is 11.6. The maximum atomic E-state index is 2.32. The van der Waals surface area contributed by atoms with Gasteiger partial charge in [-0.2, -0.15) is 0 Å². The Morgan fingerprint density at radius 3 is 2.62 bits per heavy atom. The Kier molecular flexibility index (Phi) is 6.32. The Balaban J connectivity index is 2.21. The third kappa shape index (κ3) is 5.55. The molecule has 1 aromatic carbocycles. The maximum absolute atomic E-state index is 2.32. The molecule has 0 bridgehead atoms. The number of unbranched alkanes of at least 4 members (excludes halogenated alkanes) is 1. The van der Waals surface area contributed by atoms with Crippen molar-refractivity contribution in [1.29, 1.82) is 0 Å². The zero-order valence-electron chi connectivity index (χ0n) is 10.4. The van der Waals surface area contributed by atoms with Gasteiger partial charge >= 0.3 is 0 Å². The third-order valence-corrected chi connectivity index (χ3v) is 2.60. The van der Waals surface area contributed by atoms with Gasteiger partial charge in [0.05, 0.1) is 0 Å². The van der Waals surface area contributed by atoms with Crippen LogP contribution in [0.15, 0.2) is 48.1 Å². The third-order valence-electron chi connectivity index (χ3n) is 2.60. The molecule has 0 amide bonds. The number of allylic oxidation sites excluding steroid dienone is 3. The molecule has 1 aromatic rings. The molecule has 0 aliphatic heterocycles. The number of benzene rings is 1. The van der Waals surface area contributed by atoms with Crippen molar-refractivity contribution in [3.63, 3.8) is 0 Å². The molecule has 1 rings (SSSR count). The summed E-state index contributed by atoms with van der Waals surface area (Å²) in [5.74, 6) is 0. The van der Waals surface area contributed by atoms with Gasteiger partial charge in [-0.05, 0) is 38.2 Å². The second-order valence-electron chi connectivity index (χ2n) is 4.16. The average molecular weight is 214 g/mol. The largest absolute Gasteiger partial charge is 0.0859 e. The van der Waals surface area contributed by atoms with E-state index in [9.17, 15) is 0 Å². The van der Waals surface area contributed by atoms with Crippen LogP contribution in [0, 0.1) is 0 Å². The van der Waals surface area contributed by atoms with E-state index in [1.165, 1.54) is 30.4 Å². The van der Waals surface area contributed by atoms with Gasteiger partial charge in [-0.1, -0.05) is 61.1 Å². The molecule has 0 saturated heterocycles. The van der Waals surface area contributed by atoms with Gasteiger partial charge in [0, 0.05) is 0 Å². The van der Waals surface area contributed by atoms with Crippen molar-refractivity contribution in [3.8, 4) is 0 Å². The topological polar surface area (TPSA) is 0 Å². The second-order valence-corrected chi connectivity index (χ2v) is 4.16. The first-order chi connectivity index (χ1) is 7.83. The summed E-state index contributed by atoms with van der Waals surface area (Å²) in [7, 11) is 0. The predicted molar refractivity (Wildman–Crippen MR) is 73.4 cm³/mol. The van der Waals surface area contributed by atoms with Crippen molar-refractivity contribution in [2.75, 3.05) is 0 Å². The molecular formula is C16H22.